The Morgan fingerprint density at radius 1 is 1.03 bits per heavy atom. The Labute approximate surface area is 219 Å². The molecule has 0 bridgehead atoms. The Kier molecular flexibility index (Phi) is 6.88. The van der Waals surface area contributed by atoms with Crippen molar-refractivity contribution in [3.8, 4) is 5.75 Å². The Balaban J connectivity index is 1.49. The van der Waals surface area contributed by atoms with Crippen LogP contribution >= 0.6 is 11.3 Å². The number of ketones is 1. The van der Waals surface area contributed by atoms with Gasteiger partial charge in [0.25, 0.3) is 5.78 Å². The monoisotopic (exact) mass is 510 g/mol. The van der Waals surface area contributed by atoms with Crippen molar-refractivity contribution < 1.29 is 19.4 Å². The zero-order valence-electron chi connectivity index (χ0n) is 20.5. The molecular formula is C30H26N2O4S. The predicted octanol–water partition coefficient (Wildman–Crippen LogP) is 6.22. The Bertz CT molecular complexity index is 1460. The number of aliphatic hydroxyl groups excluding tert-OH is 1. The topological polar surface area (TPSA) is 79.7 Å². The van der Waals surface area contributed by atoms with Gasteiger partial charge in [-0.2, -0.15) is 0 Å². The molecule has 1 atom stereocenters. The van der Waals surface area contributed by atoms with Crippen LogP contribution in [0.5, 0.6) is 5.75 Å². The number of aryl methyl sites for hydroxylation is 2. The molecule has 2 heterocycles. The van der Waals surface area contributed by atoms with Crippen molar-refractivity contribution in [3.05, 3.63) is 118 Å². The zero-order valence-corrected chi connectivity index (χ0v) is 21.4. The van der Waals surface area contributed by atoms with E-state index in [2.05, 4.69) is 18.0 Å². The number of carbonyl (C=O) groups is 2. The van der Waals surface area contributed by atoms with Crippen LogP contribution in [0.3, 0.4) is 0 Å². The summed E-state index contributed by atoms with van der Waals surface area (Å²) in [6.45, 7) is 4.51. The molecule has 7 heteroatoms. The molecule has 1 N–H and O–H groups in total. The van der Waals surface area contributed by atoms with Crippen molar-refractivity contribution in [1.82, 2.24) is 4.98 Å². The molecule has 186 valence electrons. The van der Waals surface area contributed by atoms with Gasteiger partial charge in [-0.15, -0.1) is 11.3 Å². The number of anilines is 1. The number of carbonyl (C=O) groups excluding carboxylic acids is 2. The molecule has 5 rings (SSSR count). The van der Waals surface area contributed by atoms with Crippen LogP contribution in [0.1, 0.15) is 40.8 Å². The number of hydrogen-bond acceptors (Lipinski definition) is 6. The summed E-state index contributed by atoms with van der Waals surface area (Å²) in [7, 11) is 0. The van der Waals surface area contributed by atoms with Crippen LogP contribution in [-0.4, -0.2) is 21.8 Å². The molecule has 3 aromatic carbocycles. The minimum Gasteiger partial charge on any atom is -0.507 e. The lowest BCUT2D eigenvalue weighted by Crippen LogP contribution is -2.29. The summed E-state index contributed by atoms with van der Waals surface area (Å²) in [6, 6.07) is 21.9. The minimum atomic E-state index is -0.783. The van der Waals surface area contributed by atoms with Crippen LogP contribution in [0.15, 0.2) is 89.9 Å². The molecule has 0 aliphatic carbocycles. The van der Waals surface area contributed by atoms with Gasteiger partial charge in [0, 0.05) is 17.1 Å². The molecule has 0 radical (unpaired) electrons. The summed E-state index contributed by atoms with van der Waals surface area (Å²) in [5.74, 6) is -1.04. The molecule has 0 spiro atoms. The molecule has 1 saturated heterocycles. The smallest absolute Gasteiger partial charge is 0.301 e. The predicted molar refractivity (Wildman–Crippen MR) is 145 cm³/mol. The largest absolute Gasteiger partial charge is 0.507 e. The number of hydrogen-bond donors (Lipinski definition) is 1. The lowest BCUT2D eigenvalue weighted by molar-refractivity contribution is -0.132. The summed E-state index contributed by atoms with van der Waals surface area (Å²) in [4.78, 5) is 32.0. The van der Waals surface area contributed by atoms with E-state index in [9.17, 15) is 14.7 Å². The number of aliphatic hydroxyl groups is 1. The quantitative estimate of drug-likeness (QED) is 0.181. The van der Waals surface area contributed by atoms with E-state index in [0.29, 0.717) is 23.1 Å². The van der Waals surface area contributed by atoms with Crippen LogP contribution in [0, 0.1) is 6.92 Å². The Morgan fingerprint density at radius 3 is 2.43 bits per heavy atom. The van der Waals surface area contributed by atoms with Gasteiger partial charge >= 0.3 is 5.91 Å². The standard InChI is InChI=1S/C30H26N2O4S/c1-3-20-7-9-22(10-8-20)26-25(28(34)29(35)32(26)30-31-15-16-37-30)27(33)23-11-13-24(14-12-23)36-18-21-6-4-5-19(2)17-21/h4-17,26,33H,3,18H2,1-2H3/b27-25-. The van der Waals surface area contributed by atoms with Crippen LogP contribution < -0.4 is 9.64 Å². The first kappa shape index (κ1) is 24.5. The van der Waals surface area contributed by atoms with Crippen molar-refractivity contribution in [2.45, 2.75) is 32.9 Å². The highest BCUT2D eigenvalue weighted by molar-refractivity contribution is 7.14. The summed E-state index contributed by atoms with van der Waals surface area (Å²) in [6.07, 6.45) is 2.46. The van der Waals surface area contributed by atoms with Gasteiger partial charge in [0.15, 0.2) is 5.13 Å². The number of ether oxygens (including phenoxy) is 1. The number of rotatable bonds is 7. The molecular weight excluding hydrogens is 484 g/mol. The average molecular weight is 511 g/mol. The lowest BCUT2D eigenvalue weighted by atomic mass is 9.94. The van der Waals surface area contributed by atoms with Gasteiger partial charge in [-0.1, -0.05) is 61.0 Å². The van der Waals surface area contributed by atoms with Crippen LogP contribution in [0.25, 0.3) is 5.76 Å². The van der Waals surface area contributed by atoms with E-state index in [-0.39, 0.29) is 11.3 Å². The molecule has 1 aliphatic rings. The number of Topliss-reactive ketones (excluding diaryl/α,β-unsaturated/α-hetero) is 1. The lowest BCUT2D eigenvalue weighted by Gasteiger charge is -2.23. The average Bonchev–Trinajstić information content (AvgIpc) is 3.54. The molecule has 0 saturated carbocycles. The maximum Gasteiger partial charge on any atom is 0.301 e. The van der Waals surface area contributed by atoms with Gasteiger partial charge in [-0.3, -0.25) is 14.5 Å². The van der Waals surface area contributed by atoms with Crippen molar-refractivity contribution in [3.63, 3.8) is 0 Å². The third-order valence-corrected chi connectivity index (χ3v) is 7.16. The summed E-state index contributed by atoms with van der Waals surface area (Å²) < 4.78 is 5.89. The minimum absolute atomic E-state index is 0.0397. The van der Waals surface area contributed by atoms with Gasteiger partial charge in [0.05, 0.1) is 11.6 Å². The van der Waals surface area contributed by atoms with E-state index in [4.69, 9.17) is 4.74 Å². The highest BCUT2D eigenvalue weighted by atomic mass is 32.1. The molecule has 6 nitrogen and oxygen atoms in total. The number of amides is 1. The molecule has 1 fully saturated rings. The summed E-state index contributed by atoms with van der Waals surface area (Å²) >= 11 is 1.27. The SMILES string of the molecule is CCc1ccc(C2/C(=C(/O)c3ccc(OCc4cccc(C)c4)cc3)C(=O)C(=O)N2c2nccs2)cc1. The first-order valence-corrected chi connectivity index (χ1v) is 12.9. The van der Waals surface area contributed by atoms with Gasteiger partial charge in [0.2, 0.25) is 0 Å². The van der Waals surface area contributed by atoms with Crippen molar-refractivity contribution >= 4 is 33.9 Å². The second kappa shape index (κ2) is 10.4. The maximum absolute atomic E-state index is 13.2. The molecule has 37 heavy (non-hydrogen) atoms. The highest BCUT2D eigenvalue weighted by Gasteiger charge is 2.47. The number of aromatic nitrogens is 1. The third-order valence-electron chi connectivity index (χ3n) is 6.39. The first-order valence-electron chi connectivity index (χ1n) is 12.0. The molecule has 4 aromatic rings. The fourth-order valence-electron chi connectivity index (χ4n) is 4.45. The van der Waals surface area contributed by atoms with Gasteiger partial charge in [-0.05, 0) is 54.3 Å². The molecule has 1 amide bonds. The number of nitrogens with zero attached hydrogens (tertiary/aromatic N) is 2. The molecule has 1 aromatic heterocycles. The fraction of sp³-hybridized carbons (Fsp3) is 0.167. The van der Waals surface area contributed by atoms with E-state index in [1.54, 1.807) is 35.8 Å². The molecule has 1 aliphatic heterocycles. The van der Waals surface area contributed by atoms with Crippen LogP contribution in [0.4, 0.5) is 5.13 Å². The van der Waals surface area contributed by atoms with E-state index in [1.165, 1.54) is 16.2 Å². The normalized spacial score (nSPS) is 16.8. The Morgan fingerprint density at radius 2 is 1.78 bits per heavy atom. The first-order chi connectivity index (χ1) is 18.0. The van der Waals surface area contributed by atoms with E-state index < -0.39 is 17.7 Å². The zero-order chi connectivity index (χ0) is 25.9. The van der Waals surface area contributed by atoms with E-state index in [1.807, 2.05) is 49.4 Å². The Hall–Kier alpha value is -4.23. The summed E-state index contributed by atoms with van der Waals surface area (Å²) in [5, 5.41) is 13.5. The van der Waals surface area contributed by atoms with Gasteiger partial charge in [-0.25, -0.2) is 4.98 Å². The maximum atomic E-state index is 13.2. The van der Waals surface area contributed by atoms with Crippen molar-refractivity contribution in [2.24, 2.45) is 0 Å². The third kappa shape index (κ3) is 4.90. The number of benzene rings is 3. The van der Waals surface area contributed by atoms with E-state index in [0.717, 1.165) is 28.7 Å². The second-order valence-electron chi connectivity index (χ2n) is 8.88. The fourth-order valence-corrected chi connectivity index (χ4v) is 5.12. The van der Waals surface area contributed by atoms with Crippen LogP contribution in [-0.2, 0) is 22.6 Å². The molecule has 1 unspecified atom stereocenters. The van der Waals surface area contributed by atoms with Crippen LogP contribution in [0.2, 0.25) is 0 Å². The second-order valence-corrected chi connectivity index (χ2v) is 9.75. The van der Waals surface area contributed by atoms with Crippen molar-refractivity contribution in [1.29, 1.82) is 0 Å². The summed E-state index contributed by atoms with van der Waals surface area (Å²) in [5.41, 5.74) is 4.55. The van der Waals surface area contributed by atoms with Crippen molar-refractivity contribution in [2.75, 3.05) is 4.90 Å². The number of thiazole rings is 1. The van der Waals surface area contributed by atoms with E-state index >= 15 is 0 Å². The highest BCUT2D eigenvalue weighted by Crippen LogP contribution is 2.42. The van der Waals surface area contributed by atoms with Gasteiger partial charge < -0.3 is 9.84 Å². The van der Waals surface area contributed by atoms with Gasteiger partial charge in [0.1, 0.15) is 18.1 Å².